The first-order valence-corrected chi connectivity index (χ1v) is 6.51. The van der Waals surface area contributed by atoms with Gasteiger partial charge in [-0.3, -0.25) is 0 Å². The van der Waals surface area contributed by atoms with Crippen LogP contribution in [0, 0.1) is 6.92 Å². The lowest BCUT2D eigenvalue weighted by atomic mass is 9.93. The van der Waals surface area contributed by atoms with Crippen LogP contribution in [0.5, 0.6) is 0 Å². The summed E-state index contributed by atoms with van der Waals surface area (Å²) < 4.78 is 0. The van der Waals surface area contributed by atoms with E-state index in [2.05, 4.69) is 63.4 Å². The van der Waals surface area contributed by atoms with E-state index in [4.69, 9.17) is 0 Å². The van der Waals surface area contributed by atoms with Gasteiger partial charge in [0.1, 0.15) is 0 Å². The minimum atomic E-state index is 0.258. The van der Waals surface area contributed by atoms with Gasteiger partial charge >= 0.3 is 0 Å². The number of rotatable bonds is 1. The summed E-state index contributed by atoms with van der Waals surface area (Å²) in [6.07, 6.45) is 0. The molecule has 84 valence electrons. The summed E-state index contributed by atoms with van der Waals surface area (Å²) in [7, 11) is 0. The zero-order chi connectivity index (χ0) is 11.8. The lowest BCUT2D eigenvalue weighted by Gasteiger charge is -2.15. The van der Waals surface area contributed by atoms with Gasteiger partial charge in [-0.2, -0.15) is 0 Å². The predicted octanol–water partition coefficient (Wildman–Crippen LogP) is 5.02. The lowest BCUT2D eigenvalue weighted by Crippen LogP contribution is -2.07. The second kappa shape index (κ2) is 4.06. The highest BCUT2D eigenvalue weighted by molar-refractivity contribution is 7.10. The van der Waals surface area contributed by atoms with Crippen LogP contribution in [-0.4, -0.2) is 0 Å². The Morgan fingerprint density at radius 1 is 0.938 bits per heavy atom. The van der Waals surface area contributed by atoms with Crippen LogP contribution < -0.4 is 0 Å². The fourth-order valence-electron chi connectivity index (χ4n) is 1.63. The van der Waals surface area contributed by atoms with Crippen molar-refractivity contribution in [2.45, 2.75) is 33.1 Å². The maximum absolute atomic E-state index is 2.31. The highest BCUT2D eigenvalue weighted by Crippen LogP contribution is 2.33. The monoisotopic (exact) mass is 230 g/mol. The fourth-order valence-corrected chi connectivity index (χ4v) is 2.63. The number of benzene rings is 1. The largest absolute Gasteiger partial charge is 0.148 e. The van der Waals surface area contributed by atoms with Gasteiger partial charge in [0.25, 0.3) is 0 Å². The average Bonchev–Trinajstić information content (AvgIpc) is 2.67. The summed E-state index contributed by atoms with van der Waals surface area (Å²) in [5.74, 6) is 0. The third-order valence-corrected chi connectivity index (χ3v) is 4.08. The third kappa shape index (κ3) is 2.35. The van der Waals surface area contributed by atoms with E-state index in [1.165, 1.54) is 21.6 Å². The van der Waals surface area contributed by atoms with Gasteiger partial charge in [-0.15, -0.1) is 11.3 Å². The molecule has 1 heterocycles. The van der Waals surface area contributed by atoms with E-state index in [0.29, 0.717) is 0 Å². The van der Waals surface area contributed by atoms with Crippen molar-refractivity contribution in [2.24, 2.45) is 0 Å². The molecule has 1 aromatic carbocycles. The van der Waals surface area contributed by atoms with Gasteiger partial charge in [-0.1, -0.05) is 50.6 Å². The van der Waals surface area contributed by atoms with Gasteiger partial charge in [-0.05, 0) is 34.9 Å². The van der Waals surface area contributed by atoms with Crippen LogP contribution in [-0.2, 0) is 5.41 Å². The standard InChI is InChI=1S/C15H18S/c1-11-5-7-12(8-6-11)13-9-14(16-10-13)15(2,3)4/h5-10H,1-4H3. The van der Waals surface area contributed by atoms with Crippen molar-refractivity contribution in [1.29, 1.82) is 0 Å². The number of aryl methyl sites for hydroxylation is 1. The minimum absolute atomic E-state index is 0.258. The molecule has 0 unspecified atom stereocenters. The normalized spacial score (nSPS) is 11.8. The van der Waals surface area contributed by atoms with Crippen LogP contribution >= 0.6 is 11.3 Å². The van der Waals surface area contributed by atoms with Crippen molar-refractivity contribution in [2.75, 3.05) is 0 Å². The van der Waals surface area contributed by atoms with Crippen LogP contribution in [0.25, 0.3) is 11.1 Å². The molecule has 16 heavy (non-hydrogen) atoms. The molecule has 0 aliphatic heterocycles. The van der Waals surface area contributed by atoms with E-state index >= 15 is 0 Å². The molecule has 1 heteroatoms. The van der Waals surface area contributed by atoms with Crippen molar-refractivity contribution >= 4 is 11.3 Å². The summed E-state index contributed by atoms with van der Waals surface area (Å²) in [6, 6.07) is 11.1. The molecule has 0 saturated carbocycles. The topological polar surface area (TPSA) is 0 Å². The lowest BCUT2D eigenvalue weighted by molar-refractivity contribution is 0.604. The molecule has 0 spiro atoms. The van der Waals surface area contributed by atoms with E-state index in [1.807, 2.05) is 11.3 Å². The van der Waals surface area contributed by atoms with E-state index in [9.17, 15) is 0 Å². The van der Waals surface area contributed by atoms with E-state index in [0.717, 1.165) is 0 Å². The zero-order valence-corrected chi connectivity index (χ0v) is 11.2. The molecule has 0 N–H and O–H groups in total. The Bertz CT molecular complexity index is 469. The van der Waals surface area contributed by atoms with Crippen molar-refractivity contribution in [1.82, 2.24) is 0 Å². The molecule has 0 radical (unpaired) electrons. The van der Waals surface area contributed by atoms with Crippen LogP contribution in [0.4, 0.5) is 0 Å². The molecule has 0 atom stereocenters. The maximum Gasteiger partial charge on any atom is 0.0105 e. The van der Waals surface area contributed by atoms with Crippen molar-refractivity contribution in [3.05, 3.63) is 46.2 Å². The van der Waals surface area contributed by atoms with Crippen molar-refractivity contribution in [3.8, 4) is 11.1 Å². The number of hydrogen-bond acceptors (Lipinski definition) is 1. The first-order valence-electron chi connectivity index (χ1n) is 5.63. The van der Waals surface area contributed by atoms with Gasteiger partial charge in [-0.25, -0.2) is 0 Å². The molecule has 0 bridgehead atoms. The molecule has 0 fully saturated rings. The number of hydrogen-bond donors (Lipinski definition) is 0. The molecular formula is C15H18S. The summed E-state index contributed by atoms with van der Waals surface area (Å²) in [5.41, 5.74) is 4.23. The molecule has 0 aliphatic carbocycles. The van der Waals surface area contributed by atoms with Crippen LogP contribution in [0.15, 0.2) is 35.7 Å². The Morgan fingerprint density at radius 2 is 1.56 bits per heavy atom. The average molecular weight is 230 g/mol. The smallest absolute Gasteiger partial charge is 0.0105 e. The fraction of sp³-hybridized carbons (Fsp3) is 0.333. The summed E-state index contributed by atoms with van der Waals surface area (Å²) in [6.45, 7) is 8.91. The second-order valence-corrected chi connectivity index (χ2v) is 6.23. The van der Waals surface area contributed by atoms with Gasteiger partial charge in [0, 0.05) is 4.88 Å². The van der Waals surface area contributed by atoms with E-state index < -0.39 is 0 Å². The molecule has 0 saturated heterocycles. The maximum atomic E-state index is 2.31. The molecule has 2 aromatic rings. The molecule has 0 aliphatic rings. The Balaban J connectivity index is 2.35. The highest BCUT2D eigenvalue weighted by atomic mass is 32.1. The van der Waals surface area contributed by atoms with Crippen molar-refractivity contribution < 1.29 is 0 Å². The molecule has 0 amide bonds. The quantitative estimate of drug-likeness (QED) is 0.645. The van der Waals surface area contributed by atoms with E-state index in [-0.39, 0.29) is 5.41 Å². The summed E-state index contributed by atoms with van der Waals surface area (Å²) in [5, 5.41) is 2.26. The van der Waals surface area contributed by atoms with Crippen LogP contribution in [0.2, 0.25) is 0 Å². The number of thiophene rings is 1. The summed E-state index contributed by atoms with van der Waals surface area (Å²) in [4.78, 5) is 1.45. The predicted molar refractivity (Wildman–Crippen MR) is 73.2 cm³/mol. The van der Waals surface area contributed by atoms with E-state index in [1.54, 1.807) is 0 Å². The minimum Gasteiger partial charge on any atom is -0.148 e. The van der Waals surface area contributed by atoms with Gasteiger partial charge < -0.3 is 0 Å². The zero-order valence-electron chi connectivity index (χ0n) is 10.4. The van der Waals surface area contributed by atoms with Crippen LogP contribution in [0.3, 0.4) is 0 Å². The first-order chi connectivity index (χ1) is 7.47. The summed E-state index contributed by atoms with van der Waals surface area (Å²) >= 11 is 1.86. The Morgan fingerprint density at radius 3 is 2.06 bits per heavy atom. The Kier molecular flexibility index (Phi) is 2.90. The molecule has 1 aromatic heterocycles. The first kappa shape index (κ1) is 11.4. The van der Waals surface area contributed by atoms with Gasteiger partial charge in [0.05, 0.1) is 0 Å². The Labute approximate surface area is 102 Å². The van der Waals surface area contributed by atoms with Gasteiger partial charge in [0.15, 0.2) is 0 Å². The van der Waals surface area contributed by atoms with Crippen LogP contribution in [0.1, 0.15) is 31.2 Å². The third-order valence-electron chi connectivity index (χ3n) is 2.72. The van der Waals surface area contributed by atoms with Gasteiger partial charge in [0.2, 0.25) is 0 Å². The highest BCUT2D eigenvalue weighted by Gasteiger charge is 2.16. The Hall–Kier alpha value is -1.08. The molecule has 0 nitrogen and oxygen atoms in total. The van der Waals surface area contributed by atoms with Crippen molar-refractivity contribution in [3.63, 3.8) is 0 Å². The second-order valence-electron chi connectivity index (χ2n) is 5.32. The SMILES string of the molecule is Cc1ccc(-c2csc(C(C)(C)C)c2)cc1. The molecule has 2 rings (SSSR count). The molecular weight excluding hydrogens is 212 g/mol.